The van der Waals surface area contributed by atoms with Crippen LogP contribution in [0.3, 0.4) is 0 Å². The molecular formula is C18H28N2O4. The van der Waals surface area contributed by atoms with E-state index in [4.69, 9.17) is 4.74 Å². The molecule has 2 atom stereocenters. The summed E-state index contributed by atoms with van der Waals surface area (Å²) in [5, 5.41) is 14.3. The van der Waals surface area contributed by atoms with Gasteiger partial charge in [-0.15, -0.1) is 0 Å². The number of hydrogen-bond donors (Lipinski definition) is 1. The van der Waals surface area contributed by atoms with E-state index in [9.17, 15) is 14.9 Å². The Labute approximate surface area is 143 Å². The van der Waals surface area contributed by atoms with Crippen molar-refractivity contribution >= 4 is 6.09 Å². The molecule has 0 aromatic heterocycles. The van der Waals surface area contributed by atoms with Gasteiger partial charge >= 0.3 is 6.09 Å². The van der Waals surface area contributed by atoms with Crippen molar-refractivity contribution in [3.63, 3.8) is 0 Å². The number of unbranched alkanes of at least 4 members (excludes halogenated alkanes) is 2. The fourth-order valence-corrected chi connectivity index (χ4v) is 2.49. The summed E-state index contributed by atoms with van der Waals surface area (Å²) in [6, 6.07) is 7.44. The first kappa shape index (κ1) is 19.9. The molecule has 0 aliphatic heterocycles. The highest BCUT2D eigenvalue weighted by molar-refractivity contribution is 5.68. The first-order valence-electron chi connectivity index (χ1n) is 8.42. The number of hydrogen-bond acceptors (Lipinski definition) is 4. The van der Waals surface area contributed by atoms with Gasteiger partial charge in [0, 0.05) is 11.3 Å². The van der Waals surface area contributed by atoms with Crippen LogP contribution in [-0.2, 0) is 4.74 Å². The predicted octanol–water partition coefficient (Wildman–Crippen LogP) is 4.48. The molecule has 0 fully saturated rings. The number of nitro groups is 1. The number of alkyl carbamates (subject to hydrolysis) is 1. The largest absolute Gasteiger partial charge is 0.444 e. The minimum absolute atomic E-state index is 0.301. The zero-order valence-electron chi connectivity index (χ0n) is 15.0. The Balaban J connectivity index is 2.98. The molecule has 0 aliphatic rings. The van der Waals surface area contributed by atoms with Crippen molar-refractivity contribution in [1.29, 1.82) is 0 Å². The van der Waals surface area contributed by atoms with Gasteiger partial charge in [-0.1, -0.05) is 50.1 Å². The molecule has 0 unspecified atom stereocenters. The first-order chi connectivity index (χ1) is 11.2. The highest BCUT2D eigenvalue weighted by Crippen LogP contribution is 2.24. The monoisotopic (exact) mass is 336 g/mol. The van der Waals surface area contributed by atoms with Crippen LogP contribution in [0, 0.1) is 10.1 Å². The van der Waals surface area contributed by atoms with Gasteiger partial charge in [0.2, 0.25) is 6.04 Å². The molecule has 1 N–H and O–H groups in total. The molecule has 1 aromatic carbocycles. The van der Waals surface area contributed by atoms with Gasteiger partial charge in [0.25, 0.3) is 0 Å². The van der Waals surface area contributed by atoms with Crippen LogP contribution in [0.1, 0.15) is 65.0 Å². The molecular weight excluding hydrogens is 308 g/mol. The SMILES string of the molecule is CCCCC[C@@H]([C@@H](NC(=O)OC(C)(C)C)c1ccccc1)[N+](=O)[O-]. The summed E-state index contributed by atoms with van der Waals surface area (Å²) in [6.45, 7) is 7.33. The summed E-state index contributed by atoms with van der Waals surface area (Å²) in [5.74, 6) is 0. The van der Waals surface area contributed by atoms with E-state index in [1.165, 1.54) is 0 Å². The van der Waals surface area contributed by atoms with E-state index in [-0.39, 0.29) is 4.92 Å². The molecule has 0 saturated heterocycles. The second kappa shape index (κ2) is 9.25. The van der Waals surface area contributed by atoms with E-state index in [0.717, 1.165) is 19.3 Å². The number of rotatable bonds is 8. The molecule has 0 aliphatic carbocycles. The third-order valence-corrected chi connectivity index (χ3v) is 3.59. The Morgan fingerprint density at radius 1 is 1.25 bits per heavy atom. The molecule has 0 bridgehead atoms. The van der Waals surface area contributed by atoms with E-state index < -0.39 is 23.8 Å². The first-order valence-corrected chi connectivity index (χ1v) is 8.42. The summed E-state index contributed by atoms with van der Waals surface area (Å²) in [5.41, 5.74) is 0.0547. The van der Waals surface area contributed by atoms with Crippen LogP contribution in [0.25, 0.3) is 0 Å². The van der Waals surface area contributed by atoms with Gasteiger partial charge in [0.15, 0.2) is 0 Å². The topological polar surface area (TPSA) is 81.5 Å². The zero-order valence-corrected chi connectivity index (χ0v) is 15.0. The van der Waals surface area contributed by atoms with Crippen molar-refractivity contribution in [3.05, 3.63) is 46.0 Å². The third-order valence-electron chi connectivity index (χ3n) is 3.59. The number of benzene rings is 1. The quantitative estimate of drug-likeness (QED) is 0.431. The zero-order chi connectivity index (χ0) is 18.2. The smallest absolute Gasteiger partial charge is 0.408 e. The number of nitrogens with one attached hydrogen (secondary N) is 1. The fraction of sp³-hybridized carbons (Fsp3) is 0.611. The van der Waals surface area contributed by atoms with Crippen LogP contribution < -0.4 is 5.32 Å². The number of carbonyl (C=O) groups is 1. The number of nitrogens with zero attached hydrogens (tertiary/aromatic N) is 1. The summed E-state index contributed by atoms with van der Waals surface area (Å²) >= 11 is 0. The van der Waals surface area contributed by atoms with Crippen LogP contribution in [-0.4, -0.2) is 22.7 Å². The van der Waals surface area contributed by atoms with Crippen molar-refractivity contribution in [2.24, 2.45) is 0 Å². The number of amides is 1. The lowest BCUT2D eigenvalue weighted by atomic mass is 9.95. The lowest BCUT2D eigenvalue weighted by Crippen LogP contribution is -2.42. The van der Waals surface area contributed by atoms with E-state index in [1.807, 2.05) is 18.2 Å². The maximum atomic E-state index is 12.1. The van der Waals surface area contributed by atoms with Gasteiger partial charge in [0.05, 0.1) is 0 Å². The predicted molar refractivity (Wildman–Crippen MR) is 93.5 cm³/mol. The highest BCUT2D eigenvalue weighted by Gasteiger charge is 2.34. The van der Waals surface area contributed by atoms with Crippen LogP contribution in [0.15, 0.2) is 30.3 Å². The summed E-state index contributed by atoms with van der Waals surface area (Å²) in [4.78, 5) is 23.4. The minimum Gasteiger partial charge on any atom is -0.444 e. The standard InChI is InChI=1S/C18H28N2O4/c1-5-6-8-13-15(20(22)23)16(14-11-9-7-10-12-14)19-17(21)24-18(2,3)4/h7,9-12,15-16H,5-6,8,13H2,1-4H3,(H,19,21)/t15-,16-/m0/s1. The molecule has 1 amide bonds. The average molecular weight is 336 g/mol. The summed E-state index contributed by atoms with van der Waals surface area (Å²) < 4.78 is 5.27. The van der Waals surface area contributed by atoms with E-state index in [1.54, 1.807) is 32.9 Å². The highest BCUT2D eigenvalue weighted by atomic mass is 16.6. The maximum absolute atomic E-state index is 12.1. The molecule has 6 nitrogen and oxygen atoms in total. The van der Waals surface area contributed by atoms with E-state index >= 15 is 0 Å². The van der Waals surface area contributed by atoms with Gasteiger partial charge in [0.1, 0.15) is 11.6 Å². The molecule has 0 radical (unpaired) electrons. The average Bonchev–Trinajstić information content (AvgIpc) is 2.48. The Morgan fingerprint density at radius 3 is 2.38 bits per heavy atom. The van der Waals surface area contributed by atoms with Gasteiger partial charge in [-0.3, -0.25) is 10.1 Å². The number of ether oxygens (including phenoxy) is 1. The normalized spacial score (nSPS) is 13.8. The maximum Gasteiger partial charge on any atom is 0.408 e. The van der Waals surface area contributed by atoms with Crippen LogP contribution in [0.2, 0.25) is 0 Å². The van der Waals surface area contributed by atoms with Gasteiger partial charge < -0.3 is 10.1 Å². The Morgan fingerprint density at radius 2 is 1.88 bits per heavy atom. The van der Waals surface area contributed by atoms with Gasteiger partial charge in [-0.05, 0) is 32.8 Å². The summed E-state index contributed by atoms with van der Waals surface area (Å²) in [7, 11) is 0. The van der Waals surface area contributed by atoms with Gasteiger partial charge in [-0.2, -0.15) is 0 Å². The van der Waals surface area contributed by atoms with Crippen molar-refractivity contribution in [3.8, 4) is 0 Å². The Hall–Kier alpha value is -2.11. The third kappa shape index (κ3) is 6.98. The van der Waals surface area contributed by atoms with Crippen molar-refractivity contribution in [2.75, 3.05) is 0 Å². The van der Waals surface area contributed by atoms with Crippen LogP contribution in [0.4, 0.5) is 4.79 Å². The van der Waals surface area contributed by atoms with Crippen molar-refractivity contribution in [1.82, 2.24) is 5.32 Å². The molecule has 0 heterocycles. The Bertz CT molecular complexity index is 526. The molecule has 6 heteroatoms. The molecule has 0 spiro atoms. The molecule has 1 rings (SSSR count). The van der Waals surface area contributed by atoms with Crippen LogP contribution in [0.5, 0.6) is 0 Å². The van der Waals surface area contributed by atoms with E-state index in [2.05, 4.69) is 12.2 Å². The molecule has 1 aromatic rings. The second-order valence-corrected chi connectivity index (χ2v) is 6.88. The van der Waals surface area contributed by atoms with Crippen molar-refractivity contribution < 1.29 is 14.5 Å². The second-order valence-electron chi connectivity index (χ2n) is 6.88. The molecule has 134 valence electrons. The minimum atomic E-state index is -0.883. The number of carbonyl (C=O) groups excluding carboxylic acids is 1. The van der Waals surface area contributed by atoms with Crippen LogP contribution >= 0.6 is 0 Å². The lowest BCUT2D eigenvalue weighted by molar-refractivity contribution is -0.528. The van der Waals surface area contributed by atoms with E-state index in [0.29, 0.717) is 12.0 Å². The molecule has 0 saturated carbocycles. The van der Waals surface area contributed by atoms with Crippen molar-refractivity contribution in [2.45, 2.75) is 71.1 Å². The fourth-order valence-electron chi connectivity index (χ4n) is 2.49. The molecule has 24 heavy (non-hydrogen) atoms. The Kier molecular flexibility index (Phi) is 7.68. The summed E-state index contributed by atoms with van der Waals surface area (Å²) in [6.07, 6.45) is 2.44. The lowest BCUT2D eigenvalue weighted by Gasteiger charge is -2.25. The van der Waals surface area contributed by atoms with Gasteiger partial charge in [-0.25, -0.2) is 4.79 Å².